The Hall–Kier alpha value is -5.90. The summed E-state index contributed by atoms with van der Waals surface area (Å²) >= 11 is 0. The van der Waals surface area contributed by atoms with Crippen LogP contribution in [0.1, 0.15) is 113 Å². The van der Waals surface area contributed by atoms with Gasteiger partial charge in [0.25, 0.3) is 5.91 Å². The maximum atomic E-state index is 14.5. The summed E-state index contributed by atoms with van der Waals surface area (Å²) in [5, 5.41) is 10.8. The lowest BCUT2D eigenvalue weighted by atomic mass is 9.93. The number of esters is 2. The van der Waals surface area contributed by atoms with Gasteiger partial charge in [0.2, 0.25) is 23.6 Å². The normalized spacial score (nSPS) is 23.9. The summed E-state index contributed by atoms with van der Waals surface area (Å²) < 4.78 is 33.6. The number of hydrogen-bond acceptors (Lipinski definition) is 15. The Labute approximate surface area is 450 Å². The number of hydrogen-bond donors (Lipinski definition) is 5. The second-order valence-corrected chi connectivity index (χ2v) is 19.9. The number of ether oxygens (including phenoxy) is 6. The fourth-order valence-electron chi connectivity index (χ4n) is 7.91. The molecule has 1 aliphatic heterocycles. The zero-order valence-corrected chi connectivity index (χ0v) is 47.2. The Morgan fingerprint density at radius 2 is 1.45 bits per heavy atom. The Balaban J connectivity index is 2.38. The first-order valence-electron chi connectivity index (χ1n) is 26.6. The quantitative estimate of drug-likeness (QED) is 0.0658. The van der Waals surface area contributed by atoms with Crippen molar-refractivity contribution in [1.29, 1.82) is 0 Å². The minimum Gasteiger partial charge on any atom is -0.456 e. The highest BCUT2D eigenvalue weighted by Gasteiger charge is 2.36. The van der Waals surface area contributed by atoms with E-state index in [1.54, 1.807) is 32.1 Å². The van der Waals surface area contributed by atoms with Crippen LogP contribution in [0.5, 0.6) is 5.75 Å². The van der Waals surface area contributed by atoms with E-state index in [4.69, 9.17) is 34.2 Å². The van der Waals surface area contributed by atoms with Gasteiger partial charge in [-0.25, -0.2) is 14.4 Å². The molecule has 8 atom stereocenters. The van der Waals surface area contributed by atoms with Crippen molar-refractivity contribution in [3.05, 3.63) is 53.1 Å². The summed E-state index contributed by atoms with van der Waals surface area (Å²) in [6, 6.07) is 1.67. The average Bonchev–Trinajstić information content (AvgIpc) is 3.38. The molecule has 0 radical (unpaired) electrons. The SMILES string of the molecule is C/C=C(\C)[C@H]1OC(=O)[C@@H](C)NC(=O)[C@H](C(C)CC)NC(=O)CN(C)C(=O)[C@@H](Cc2ccc(OC(=O)NCCCOCCOCCOCCCN)cc2)N(C)C(=O)[C@H](C)NC(=O)[C@@H](CC(C)C)OC(=O)/C(C)=C/CC[C@@H]1C. The Morgan fingerprint density at radius 1 is 0.842 bits per heavy atom. The zero-order valence-electron chi connectivity index (χ0n) is 47.2. The third kappa shape index (κ3) is 24.0. The number of carbonyl (C=O) groups excluding carboxylic acids is 8. The van der Waals surface area contributed by atoms with Crippen molar-refractivity contribution in [2.75, 3.05) is 73.4 Å². The smallest absolute Gasteiger partial charge is 0.412 e. The highest BCUT2D eigenvalue weighted by atomic mass is 16.6. The van der Waals surface area contributed by atoms with Gasteiger partial charge in [0.15, 0.2) is 6.10 Å². The third-order valence-electron chi connectivity index (χ3n) is 12.9. The predicted octanol–water partition coefficient (Wildman–Crippen LogP) is 4.14. The molecule has 0 fully saturated rings. The summed E-state index contributed by atoms with van der Waals surface area (Å²) in [7, 11) is 2.78. The first-order valence-corrected chi connectivity index (χ1v) is 26.6. The second kappa shape index (κ2) is 35.4. The molecule has 1 aromatic rings. The highest BCUT2D eigenvalue weighted by Crippen LogP contribution is 2.24. The number of carbonyl (C=O) groups is 8. The van der Waals surface area contributed by atoms with E-state index < -0.39 is 96.4 Å². The number of nitrogens with one attached hydrogen (secondary N) is 4. The maximum absolute atomic E-state index is 14.5. The van der Waals surface area contributed by atoms with E-state index in [-0.39, 0.29) is 36.0 Å². The number of cyclic esters (lactones) is 2. The Kier molecular flexibility index (Phi) is 30.9. The summed E-state index contributed by atoms with van der Waals surface area (Å²) in [6.07, 6.45) is 3.72. The molecular weight excluding hydrogens is 983 g/mol. The van der Waals surface area contributed by atoms with Gasteiger partial charge in [-0.1, -0.05) is 65.3 Å². The van der Waals surface area contributed by atoms with Gasteiger partial charge in [-0.05, 0) is 114 Å². The van der Waals surface area contributed by atoms with Crippen molar-refractivity contribution in [3.63, 3.8) is 0 Å². The molecule has 0 spiro atoms. The highest BCUT2D eigenvalue weighted by molar-refractivity contribution is 5.96. The van der Waals surface area contributed by atoms with E-state index in [2.05, 4.69) is 21.3 Å². The molecular formula is C55H89N7O14. The number of nitrogens with zero attached hydrogens (tertiary/aromatic N) is 2. The van der Waals surface area contributed by atoms with Crippen molar-refractivity contribution in [2.45, 2.75) is 151 Å². The van der Waals surface area contributed by atoms with Gasteiger partial charge in [0.05, 0.1) is 33.0 Å². The van der Waals surface area contributed by atoms with E-state index in [0.29, 0.717) is 84.0 Å². The summed E-state index contributed by atoms with van der Waals surface area (Å²) in [4.78, 5) is 112. The Morgan fingerprint density at radius 3 is 2.04 bits per heavy atom. The number of likely N-dealkylation sites (N-methyl/N-ethyl adjacent to an activating group) is 2. The molecule has 21 nitrogen and oxygen atoms in total. The van der Waals surface area contributed by atoms with Gasteiger partial charge in [-0.15, -0.1) is 0 Å². The van der Waals surface area contributed by atoms with Crippen LogP contribution in [0.2, 0.25) is 0 Å². The molecule has 0 saturated carbocycles. The molecule has 1 unspecified atom stereocenters. The molecule has 0 aliphatic carbocycles. The first-order chi connectivity index (χ1) is 36.0. The molecule has 2 rings (SSSR count). The molecule has 1 aromatic carbocycles. The minimum atomic E-state index is -1.26. The lowest BCUT2D eigenvalue weighted by molar-refractivity contribution is -0.154. The van der Waals surface area contributed by atoms with E-state index in [0.717, 1.165) is 16.9 Å². The van der Waals surface area contributed by atoms with E-state index in [1.165, 1.54) is 45.0 Å². The molecule has 1 aliphatic rings. The van der Waals surface area contributed by atoms with Crippen LogP contribution in [0.15, 0.2) is 47.6 Å². The van der Waals surface area contributed by atoms with Crippen molar-refractivity contribution < 1.29 is 66.8 Å². The fraction of sp³-hybridized carbons (Fsp3) is 0.673. The third-order valence-corrected chi connectivity index (χ3v) is 12.9. The van der Waals surface area contributed by atoms with Crippen LogP contribution < -0.4 is 31.7 Å². The topological polar surface area (TPSA) is 273 Å². The van der Waals surface area contributed by atoms with Gasteiger partial charge >= 0.3 is 18.0 Å². The molecule has 6 amide bonds. The van der Waals surface area contributed by atoms with Crippen LogP contribution in [-0.4, -0.2) is 167 Å². The number of allylic oxidation sites excluding steroid dienone is 2. The summed E-state index contributed by atoms with van der Waals surface area (Å²) in [5.41, 5.74) is 7.04. The molecule has 0 aromatic heterocycles. The number of benzene rings is 1. The standard InChI is InChI=1S/C55H89N7O14/c1-13-36(5)47-50(65)59-41(10)54(69)76-48(37(6)14-2)38(7)18-15-19-39(8)53(68)75-45(32-35(3)4)49(64)58-40(9)51(66)62(12)44(52(67)61(11)34-46(63)60-47)33-42-20-22-43(23-21-42)74-55(70)57-25-17-27-72-29-31-73-30-28-71-26-16-24-56/h14,19-23,35-36,38,40-41,44-45,47-48H,13,15-18,24-34,56H2,1-12H3,(H,57,70)(H,58,64)(H,59,65)(H,60,63)/b37-14+,39-19+/t36?,38-,40-,41+,44+,45+,47-,48+/m0/s1. The van der Waals surface area contributed by atoms with Crippen LogP contribution in [0, 0.1) is 17.8 Å². The fourth-order valence-corrected chi connectivity index (χ4v) is 7.91. The molecule has 21 heteroatoms. The van der Waals surface area contributed by atoms with E-state index in [1.807, 2.05) is 47.6 Å². The lowest BCUT2D eigenvalue weighted by Gasteiger charge is -2.33. The zero-order chi connectivity index (χ0) is 56.9. The number of rotatable bonds is 21. The van der Waals surface area contributed by atoms with Crippen LogP contribution in [0.4, 0.5) is 4.79 Å². The van der Waals surface area contributed by atoms with Crippen LogP contribution in [0.25, 0.3) is 0 Å². The van der Waals surface area contributed by atoms with Crippen LogP contribution in [0.3, 0.4) is 0 Å². The molecule has 6 N–H and O–H groups in total. The molecule has 428 valence electrons. The van der Waals surface area contributed by atoms with Gasteiger partial charge < -0.3 is 65.2 Å². The minimum absolute atomic E-state index is 0.0773. The van der Waals surface area contributed by atoms with Crippen molar-refractivity contribution in [2.24, 2.45) is 23.5 Å². The van der Waals surface area contributed by atoms with Crippen LogP contribution >= 0.6 is 0 Å². The average molecular weight is 1070 g/mol. The largest absolute Gasteiger partial charge is 0.456 e. The Bertz CT molecular complexity index is 2080. The maximum Gasteiger partial charge on any atom is 0.412 e. The molecule has 0 saturated heterocycles. The summed E-state index contributed by atoms with van der Waals surface area (Å²) in [5.74, 6) is -5.21. The van der Waals surface area contributed by atoms with Gasteiger partial charge in [-0.3, -0.25) is 24.0 Å². The predicted molar refractivity (Wildman–Crippen MR) is 287 cm³/mol. The van der Waals surface area contributed by atoms with Crippen molar-refractivity contribution in [1.82, 2.24) is 31.1 Å². The molecule has 0 bridgehead atoms. The van der Waals surface area contributed by atoms with Crippen molar-refractivity contribution >= 4 is 47.6 Å². The van der Waals surface area contributed by atoms with Gasteiger partial charge in [-0.2, -0.15) is 0 Å². The monoisotopic (exact) mass is 1070 g/mol. The number of amides is 6. The van der Waals surface area contributed by atoms with E-state index >= 15 is 0 Å². The van der Waals surface area contributed by atoms with Crippen LogP contribution in [-0.2, 0) is 63.7 Å². The first kappa shape index (κ1) is 66.2. The molecule has 1 heterocycles. The molecule has 76 heavy (non-hydrogen) atoms. The summed E-state index contributed by atoms with van der Waals surface area (Å²) in [6.45, 7) is 20.5. The van der Waals surface area contributed by atoms with E-state index in [9.17, 15) is 38.4 Å². The lowest BCUT2D eigenvalue weighted by Crippen LogP contribution is -2.57. The van der Waals surface area contributed by atoms with Gasteiger partial charge in [0, 0.05) is 45.8 Å². The van der Waals surface area contributed by atoms with Gasteiger partial charge in [0.1, 0.15) is 36.0 Å². The van der Waals surface area contributed by atoms with Crippen molar-refractivity contribution in [3.8, 4) is 5.75 Å². The second-order valence-electron chi connectivity index (χ2n) is 19.9. The number of nitrogens with two attached hydrogens (primary N) is 1.